The van der Waals surface area contributed by atoms with E-state index in [4.69, 9.17) is 5.11 Å². The van der Waals surface area contributed by atoms with Crippen molar-refractivity contribution in [2.45, 2.75) is 39.0 Å². The Morgan fingerprint density at radius 2 is 2.27 bits per heavy atom. The minimum atomic E-state index is -0.729. The van der Waals surface area contributed by atoms with Gasteiger partial charge in [0.2, 0.25) is 0 Å². The molecule has 0 radical (unpaired) electrons. The molecule has 0 aromatic heterocycles. The van der Waals surface area contributed by atoms with Crippen molar-refractivity contribution < 1.29 is 9.90 Å². The second-order valence-electron chi connectivity index (χ2n) is 4.78. The molecule has 0 unspecified atom stereocenters. The Morgan fingerprint density at radius 3 is 3.00 bits per heavy atom. The van der Waals surface area contributed by atoms with Gasteiger partial charge in [-0.05, 0) is 50.9 Å². The third kappa shape index (κ3) is 2.71. The number of aliphatic carboxylic acids is 1. The van der Waals surface area contributed by atoms with Crippen LogP contribution in [0.15, 0.2) is 23.3 Å². The number of fused-ring (bicyclic) bond motifs is 1. The van der Waals surface area contributed by atoms with Gasteiger partial charge in [0.05, 0.1) is 0 Å². The van der Waals surface area contributed by atoms with Crippen molar-refractivity contribution in [3.63, 3.8) is 0 Å². The molecule has 0 bridgehead atoms. The van der Waals surface area contributed by atoms with Crippen LogP contribution in [0, 0.1) is 11.8 Å². The Bertz CT molecular complexity index is 325. The summed E-state index contributed by atoms with van der Waals surface area (Å²) >= 11 is 0. The molecule has 0 heterocycles. The molecule has 15 heavy (non-hydrogen) atoms. The van der Waals surface area contributed by atoms with E-state index in [1.54, 1.807) is 0 Å². The minimum absolute atomic E-state index is 0.557. The quantitative estimate of drug-likeness (QED) is 0.669. The summed E-state index contributed by atoms with van der Waals surface area (Å²) in [5.41, 5.74) is 2.04. The van der Waals surface area contributed by atoms with Gasteiger partial charge < -0.3 is 5.11 Å². The Labute approximate surface area is 90.7 Å². The number of carboxylic acid groups (broad SMARTS) is 1. The molecule has 2 aliphatic rings. The van der Waals surface area contributed by atoms with Gasteiger partial charge in [0.1, 0.15) is 0 Å². The van der Waals surface area contributed by atoms with Crippen molar-refractivity contribution >= 4 is 5.97 Å². The van der Waals surface area contributed by atoms with E-state index in [1.807, 2.05) is 6.08 Å². The molecule has 0 spiro atoms. The van der Waals surface area contributed by atoms with E-state index in [2.05, 4.69) is 13.0 Å². The number of hydrogen-bond donors (Lipinski definition) is 1. The largest absolute Gasteiger partial charge is 0.478 e. The monoisotopic (exact) mass is 206 g/mol. The van der Waals surface area contributed by atoms with Gasteiger partial charge in [-0.3, -0.25) is 0 Å². The lowest BCUT2D eigenvalue weighted by Crippen LogP contribution is -2.02. The lowest BCUT2D eigenvalue weighted by atomic mass is 10.0. The molecular formula is C13H18O2. The summed E-state index contributed by atoms with van der Waals surface area (Å²) in [5.74, 6) is 0.579. The second kappa shape index (κ2) is 4.21. The number of carboxylic acids is 1. The van der Waals surface area contributed by atoms with E-state index in [-0.39, 0.29) is 0 Å². The lowest BCUT2D eigenvalue weighted by Gasteiger charge is -2.05. The van der Waals surface area contributed by atoms with Crippen LogP contribution in [0.25, 0.3) is 0 Å². The fourth-order valence-electron chi connectivity index (χ4n) is 2.32. The van der Waals surface area contributed by atoms with Crippen molar-refractivity contribution in [2.24, 2.45) is 11.8 Å². The minimum Gasteiger partial charge on any atom is -0.478 e. The summed E-state index contributed by atoms with van der Waals surface area (Å²) in [6, 6.07) is 0. The summed E-state index contributed by atoms with van der Waals surface area (Å²) < 4.78 is 0. The van der Waals surface area contributed by atoms with Crippen LogP contribution < -0.4 is 0 Å². The average molecular weight is 206 g/mol. The van der Waals surface area contributed by atoms with Crippen LogP contribution in [-0.4, -0.2) is 11.1 Å². The lowest BCUT2D eigenvalue weighted by molar-refractivity contribution is -0.132. The van der Waals surface area contributed by atoms with Gasteiger partial charge in [0.15, 0.2) is 0 Å². The van der Waals surface area contributed by atoms with E-state index in [1.165, 1.54) is 24.8 Å². The summed E-state index contributed by atoms with van der Waals surface area (Å²) in [4.78, 5) is 11.0. The normalized spacial score (nSPS) is 37.9. The van der Waals surface area contributed by atoms with E-state index in [0.29, 0.717) is 17.9 Å². The highest BCUT2D eigenvalue weighted by Crippen LogP contribution is 2.45. The molecule has 0 amide bonds. The Hall–Kier alpha value is -1.05. The van der Waals surface area contributed by atoms with Crippen LogP contribution in [-0.2, 0) is 4.79 Å². The van der Waals surface area contributed by atoms with Crippen LogP contribution in [0.4, 0.5) is 0 Å². The highest BCUT2D eigenvalue weighted by atomic mass is 16.4. The predicted octanol–water partition coefficient (Wildman–Crippen LogP) is 3.15. The van der Waals surface area contributed by atoms with Crippen LogP contribution in [0.3, 0.4) is 0 Å². The van der Waals surface area contributed by atoms with E-state index in [9.17, 15) is 4.79 Å². The zero-order valence-electron chi connectivity index (χ0n) is 9.20. The predicted molar refractivity (Wildman–Crippen MR) is 59.5 cm³/mol. The van der Waals surface area contributed by atoms with Gasteiger partial charge in [-0.25, -0.2) is 4.79 Å². The van der Waals surface area contributed by atoms with Crippen LogP contribution in [0.5, 0.6) is 0 Å². The Morgan fingerprint density at radius 1 is 1.47 bits per heavy atom. The molecule has 2 rings (SSSR count). The molecule has 2 aliphatic carbocycles. The zero-order chi connectivity index (χ0) is 10.8. The molecule has 0 aliphatic heterocycles. The molecule has 82 valence electrons. The maximum Gasteiger partial charge on any atom is 0.331 e. The van der Waals surface area contributed by atoms with Crippen molar-refractivity contribution in [1.29, 1.82) is 0 Å². The highest BCUT2D eigenvalue weighted by Gasteiger charge is 2.35. The third-order valence-corrected chi connectivity index (χ3v) is 3.48. The maximum absolute atomic E-state index is 11.0. The van der Waals surface area contributed by atoms with Crippen LogP contribution in [0.2, 0.25) is 0 Å². The molecule has 0 aromatic carbocycles. The third-order valence-electron chi connectivity index (χ3n) is 3.48. The van der Waals surface area contributed by atoms with Crippen molar-refractivity contribution in [1.82, 2.24) is 0 Å². The summed E-state index contributed by atoms with van der Waals surface area (Å²) in [7, 11) is 0. The molecule has 2 nitrogen and oxygen atoms in total. The van der Waals surface area contributed by atoms with Gasteiger partial charge >= 0.3 is 5.97 Å². The van der Waals surface area contributed by atoms with E-state index in [0.717, 1.165) is 12.3 Å². The first-order chi connectivity index (χ1) is 7.16. The van der Waals surface area contributed by atoms with Crippen molar-refractivity contribution in [3.8, 4) is 0 Å². The summed E-state index contributed by atoms with van der Waals surface area (Å²) in [5, 5.41) is 9.03. The molecule has 0 saturated heterocycles. The summed E-state index contributed by atoms with van der Waals surface area (Å²) in [6.45, 7) is 2.16. The molecular weight excluding hydrogens is 188 g/mol. The van der Waals surface area contributed by atoms with Gasteiger partial charge in [0.25, 0.3) is 0 Å². The molecule has 1 saturated carbocycles. The SMILES string of the molecule is C/C1=C\CC/C(C(=O)O)=C/[C@H]2C[C@H]2CC1. The fraction of sp³-hybridized carbons (Fsp3) is 0.615. The smallest absolute Gasteiger partial charge is 0.331 e. The molecule has 1 N–H and O–H groups in total. The number of hydrogen-bond acceptors (Lipinski definition) is 1. The molecule has 1 fully saturated rings. The Kier molecular flexibility index (Phi) is 2.94. The van der Waals surface area contributed by atoms with Gasteiger partial charge in [0, 0.05) is 5.57 Å². The molecule has 0 aromatic rings. The highest BCUT2D eigenvalue weighted by molar-refractivity contribution is 5.86. The standard InChI is InChI=1S/C13H18O2/c1-9-3-2-4-11(13(14)15)8-12-7-10(12)6-5-9/h3,8,10,12H,2,4-7H2,1H3,(H,14,15)/b9-3+,11-8-/t10-,12-/m1/s1. The number of allylic oxidation sites excluding steroid dienone is 3. The van der Waals surface area contributed by atoms with E-state index >= 15 is 0 Å². The van der Waals surface area contributed by atoms with Crippen molar-refractivity contribution in [3.05, 3.63) is 23.3 Å². The van der Waals surface area contributed by atoms with Gasteiger partial charge in [-0.1, -0.05) is 17.7 Å². The number of rotatable bonds is 1. The van der Waals surface area contributed by atoms with Gasteiger partial charge in [-0.2, -0.15) is 0 Å². The molecule has 2 atom stereocenters. The fourth-order valence-corrected chi connectivity index (χ4v) is 2.32. The van der Waals surface area contributed by atoms with Gasteiger partial charge in [-0.15, -0.1) is 0 Å². The maximum atomic E-state index is 11.0. The first-order valence-corrected chi connectivity index (χ1v) is 5.76. The number of carbonyl (C=O) groups is 1. The molecule has 2 heteroatoms. The average Bonchev–Trinajstić information content (AvgIpc) is 2.92. The Balaban J connectivity index is 2.09. The zero-order valence-corrected chi connectivity index (χ0v) is 9.20. The summed E-state index contributed by atoms with van der Waals surface area (Å²) in [6.07, 6.45) is 9.39. The topological polar surface area (TPSA) is 37.3 Å². The van der Waals surface area contributed by atoms with Crippen LogP contribution >= 0.6 is 0 Å². The van der Waals surface area contributed by atoms with Crippen molar-refractivity contribution in [2.75, 3.05) is 0 Å². The van der Waals surface area contributed by atoms with Crippen LogP contribution in [0.1, 0.15) is 39.0 Å². The first kappa shape index (κ1) is 10.5. The first-order valence-electron chi connectivity index (χ1n) is 5.76. The second-order valence-corrected chi connectivity index (χ2v) is 4.78. The van der Waals surface area contributed by atoms with E-state index < -0.39 is 5.97 Å².